The molecule has 2 N–H and O–H groups in total. The van der Waals surface area contributed by atoms with E-state index >= 15 is 0 Å². The van der Waals surface area contributed by atoms with Crippen molar-refractivity contribution in [3.05, 3.63) is 34.3 Å². The van der Waals surface area contributed by atoms with E-state index in [1.807, 2.05) is 12.1 Å². The lowest BCUT2D eigenvalue weighted by Gasteiger charge is -2.20. The third-order valence-corrected chi connectivity index (χ3v) is 4.01. The van der Waals surface area contributed by atoms with Gasteiger partial charge in [-0.3, -0.25) is 4.79 Å². The highest BCUT2D eigenvalue weighted by molar-refractivity contribution is 9.10. The van der Waals surface area contributed by atoms with Crippen LogP contribution in [0.5, 0.6) is 0 Å². The van der Waals surface area contributed by atoms with Gasteiger partial charge in [-0.15, -0.1) is 12.4 Å². The van der Waals surface area contributed by atoms with Gasteiger partial charge < -0.3 is 10.5 Å². The standard InChI is InChI=1S/C13H16BrNO2.ClH/c1-17-12(16)13(15)7-6-10(8-13)9-2-4-11(14)5-3-9;/h2-5,10H,6-8,15H2,1H3;1H/t10-,13+;/m0./s1. The van der Waals surface area contributed by atoms with Gasteiger partial charge >= 0.3 is 5.97 Å². The molecule has 0 bridgehead atoms. The molecule has 0 spiro atoms. The normalized spacial score (nSPS) is 26.5. The van der Waals surface area contributed by atoms with Crippen LogP contribution in [0.4, 0.5) is 0 Å². The Morgan fingerprint density at radius 1 is 1.44 bits per heavy atom. The van der Waals surface area contributed by atoms with Gasteiger partial charge in [-0.05, 0) is 42.9 Å². The van der Waals surface area contributed by atoms with E-state index in [2.05, 4.69) is 28.1 Å². The minimum atomic E-state index is -0.799. The second-order valence-corrected chi connectivity index (χ2v) is 5.55. The van der Waals surface area contributed by atoms with Crippen LogP contribution in [-0.2, 0) is 9.53 Å². The number of rotatable bonds is 2. The third-order valence-electron chi connectivity index (χ3n) is 3.48. The molecule has 1 fully saturated rings. The Hall–Kier alpha value is -0.580. The van der Waals surface area contributed by atoms with Crippen LogP contribution < -0.4 is 5.73 Å². The number of methoxy groups -OCH3 is 1. The zero-order chi connectivity index (χ0) is 12.5. The maximum absolute atomic E-state index is 11.6. The molecule has 0 saturated heterocycles. The summed E-state index contributed by atoms with van der Waals surface area (Å²) in [7, 11) is 1.39. The van der Waals surface area contributed by atoms with Gasteiger partial charge in [0.05, 0.1) is 7.11 Å². The van der Waals surface area contributed by atoms with E-state index in [4.69, 9.17) is 10.5 Å². The van der Waals surface area contributed by atoms with Crippen LogP contribution in [0, 0.1) is 0 Å². The molecule has 1 aliphatic carbocycles. The zero-order valence-corrected chi connectivity index (χ0v) is 12.6. The first-order valence-corrected chi connectivity index (χ1v) is 6.47. The lowest BCUT2D eigenvalue weighted by Crippen LogP contribution is -2.46. The van der Waals surface area contributed by atoms with Crippen LogP contribution >= 0.6 is 28.3 Å². The molecule has 0 amide bonds. The molecule has 1 saturated carbocycles. The van der Waals surface area contributed by atoms with Crippen LogP contribution in [0.25, 0.3) is 0 Å². The Kier molecular flexibility index (Phi) is 5.20. The Bertz CT molecular complexity index is 424. The first-order valence-electron chi connectivity index (χ1n) is 5.68. The second-order valence-electron chi connectivity index (χ2n) is 4.64. The fourth-order valence-corrected chi connectivity index (χ4v) is 2.75. The summed E-state index contributed by atoms with van der Waals surface area (Å²) in [5.74, 6) is 0.0595. The molecule has 1 aromatic carbocycles. The van der Waals surface area contributed by atoms with Crippen LogP contribution in [0.15, 0.2) is 28.7 Å². The van der Waals surface area contributed by atoms with Gasteiger partial charge in [-0.25, -0.2) is 0 Å². The number of halogens is 2. The van der Waals surface area contributed by atoms with Crippen LogP contribution in [0.3, 0.4) is 0 Å². The van der Waals surface area contributed by atoms with Gasteiger partial charge in [0.2, 0.25) is 0 Å². The molecule has 100 valence electrons. The number of carbonyl (C=O) groups excluding carboxylic acids is 1. The van der Waals surface area contributed by atoms with Crippen molar-refractivity contribution in [1.82, 2.24) is 0 Å². The molecular weight excluding hydrogens is 318 g/mol. The molecule has 0 aliphatic heterocycles. The summed E-state index contributed by atoms with van der Waals surface area (Å²) in [4.78, 5) is 11.6. The highest BCUT2D eigenvalue weighted by atomic mass is 79.9. The summed E-state index contributed by atoms with van der Waals surface area (Å²) >= 11 is 3.41. The summed E-state index contributed by atoms with van der Waals surface area (Å²) < 4.78 is 5.83. The third kappa shape index (κ3) is 3.05. The van der Waals surface area contributed by atoms with Crippen LogP contribution in [0.1, 0.15) is 30.7 Å². The zero-order valence-electron chi connectivity index (χ0n) is 10.2. The molecule has 0 unspecified atom stereocenters. The van der Waals surface area contributed by atoms with Gasteiger partial charge in [0, 0.05) is 4.47 Å². The predicted molar refractivity (Wildman–Crippen MR) is 76.9 cm³/mol. The Morgan fingerprint density at radius 2 is 2.06 bits per heavy atom. The van der Waals surface area contributed by atoms with E-state index in [0.29, 0.717) is 18.8 Å². The quantitative estimate of drug-likeness (QED) is 0.846. The van der Waals surface area contributed by atoms with E-state index in [1.165, 1.54) is 12.7 Å². The summed E-state index contributed by atoms with van der Waals surface area (Å²) in [6, 6.07) is 8.20. The summed E-state index contributed by atoms with van der Waals surface area (Å²) in [6.45, 7) is 0. The molecule has 1 aromatic rings. The molecule has 0 aromatic heterocycles. The first-order chi connectivity index (χ1) is 8.05. The molecule has 0 heterocycles. The minimum Gasteiger partial charge on any atom is -0.468 e. The van der Waals surface area contributed by atoms with Gasteiger partial charge in [0.25, 0.3) is 0 Å². The van der Waals surface area contributed by atoms with Crippen molar-refractivity contribution in [2.75, 3.05) is 7.11 Å². The Morgan fingerprint density at radius 3 is 2.61 bits per heavy atom. The highest BCUT2D eigenvalue weighted by Crippen LogP contribution is 2.40. The number of esters is 1. The average Bonchev–Trinajstić information content (AvgIpc) is 2.73. The lowest BCUT2D eigenvalue weighted by molar-refractivity contribution is -0.146. The van der Waals surface area contributed by atoms with E-state index in [1.54, 1.807) is 0 Å². The molecule has 18 heavy (non-hydrogen) atoms. The molecule has 0 radical (unpaired) electrons. The van der Waals surface area contributed by atoms with E-state index < -0.39 is 5.54 Å². The van der Waals surface area contributed by atoms with Crippen LogP contribution in [0.2, 0.25) is 0 Å². The Labute approximate surface area is 122 Å². The number of benzene rings is 1. The van der Waals surface area contributed by atoms with Gasteiger partial charge in [-0.2, -0.15) is 0 Å². The van der Waals surface area contributed by atoms with Crippen molar-refractivity contribution >= 4 is 34.3 Å². The van der Waals surface area contributed by atoms with Gasteiger partial charge in [0.15, 0.2) is 0 Å². The average molecular weight is 335 g/mol. The molecule has 5 heteroatoms. The van der Waals surface area contributed by atoms with Crippen molar-refractivity contribution in [2.24, 2.45) is 5.73 Å². The number of ether oxygens (including phenoxy) is 1. The first kappa shape index (κ1) is 15.5. The lowest BCUT2D eigenvalue weighted by atomic mass is 9.93. The predicted octanol–water partition coefficient (Wildman–Crippen LogP) is 3.01. The molecule has 3 nitrogen and oxygen atoms in total. The number of carbonyl (C=O) groups is 1. The molecular formula is C13H17BrClNO2. The van der Waals surface area contributed by atoms with Crippen LogP contribution in [-0.4, -0.2) is 18.6 Å². The minimum absolute atomic E-state index is 0. The van der Waals surface area contributed by atoms with Crippen molar-refractivity contribution in [2.45, 2.75) is 30.7 Å². The van der Waals surface area contributed by atoms with E-state index in [0.717, 1.165) is 10.9 Å². The molecule has 2 atom stereocenters. The van der Waals surface area contributed by atoms with Gasteiger partial charge in [-0.1, -0.05) is 28.1 Å². The number of hydrogen-bond acceptors (Lipinski definition) is 3. The fourth-order valence-electron chi connectivity index (χ4n) is 2.48. The highest BCUT2D eigenvalue weighted by Gasteiger charge is 2.43. The summed E-state index contributed by atoms with van der Waals surface area (Å²) in [5.41, 5.74) is 6.53. The topological polar surface area (TPSA) is 52.3 Å². The Balaban J connectivity index is 0.00000162. The fraction of sp³-hybridized carbons (Fsp3) is 0.462. The molecule has 1 aliphatic rings. The van der Waals surface area contributed by atoms with E-state index in [-0.39, 0.29) is 18.4 Å². The molecule has 2 rings (SSSR count). The largest absolute Gasteiger partial charge is 0.468 e. The number of nitrogens with two attached hydrogens (primary N) is 1. The monoisotopic (exact) mass is 333 g/mol. The summed E-state index contributed by atoms with van der Waals surface area (Å²) in [5, 5.41) is 0. The van der Waals surface area contributed by atoms with E-state index in [9.17, 15) is 4.79 Å². The van der Waals surface area contributed by atoms with Crippen molar-refractivity contribution < 1.29 is 9.53 Å². The number of hydrogen-bond donors (Lipinski definition) is 1. The van der Waals surface area contributed by atoms with Crippen molar-refractivity contribution in [3.63, 3.8) is 0 Å². The maximum atomic E-state index is 11.6. The van der Waals surface area contributed by atoms with Crippen molar-refractivity contribution in [1.29, 1.82) is 0 Å². The summed E-state index contributed by atoms with van der Waals surface area (Å²) in [6.07, 6.45) is 2.30. The second kappa shape index (κ2) is 6.04. The van der Waals surface area contributed by atoms with Gasteiger partial charge in [0.1, 0.15) is 5.54 Å². The smallest absolute Gasteiger partial charge is 0.325 e. The SMILES string of the molecule is COC(=O)[C@@]1(N)CC[C@H](c2ccc(Br)cc2)C1.Cl. The van der Waals surface area contributed by atoms with Crippen molar-refractivity contribution in [3.8, 4) is 0 Å². The maximum Gasteiger partial charge on any atom is 0.325 e.